The van der Waals surface area contributed by atoms with Crippen LogP contribution >= 0.6 is 0 Å². The van der Waals surface area contributed by atoms with Crippen molar-refractivity contribution in [1.29, 1.82) is 0 Å². The zero-order valence-corrected chi connectivity index (χ0v) is 14.5. The minimum absolute atomic E-state index is 0.00949. The lowest BCUT2D eigenvalue weighted by atomic mass is 9.95. The molecule has 0 saturated carbocycles. The van der Waals surface area contributed by atoms with E-state index in [9.17, 15) is 24.8 Å². The van der Waals surface area contributed by atoms with Crippen LogP contribution in [0.1, 0.15) is 41.5 Å². The molecule has 136 valence electrons. The van der Waals surface area contributed by atoms with Gasteiger partial charge in [0.2, 0.25) is 0 Å². The first kappa shape index (κ1) is 18.9. The van der Waals surface area contributed by atoms with Crippen molar-refractivity contribution in [2.75, 3.05) is 5.73 Å². The summed E-state index contributed by atoms with van der Waals surface area (Å²) in [4.78, 5) is 34.2. The molecule has 0 bridgehead atoms. The van der Waals surface area contributed by atoms with E-state index in [1.54, 1.807) is 20.8 Å². The molecule has 0 saturated heterocycles. The Morgan fingerprint density at radius 3 is 2.31 bits per heavy atom. The Balaban J connectivity index is 2.65. The first-order valence-electron chi connectivity index (χ1n) is 7.65. The zero-order chi connectivity index (χ0) is 19.6. The number of carbonyl (C=O) groups is 2. The number of nitro benzene ring substituents is 1. The van der Waals surface area contributed by atoms with Crippen molar-refractivity contribution in [2.45, 2.75) is 26.4 Å². The number of non-ortho nitro benzene ring substituents is 1. The summed E-state index contributed by atoms with van der Waals surface area (Å²) in [6.45, 7) is 5.11. The molecular formula is C18H18N2O6. The Labute approximate surface area is 149 Å². The lowest BCUT2D eigenvalue weighted by Crippen LogP contribution is -2.24. The van der Waals surface area contributed by atoms with Crippen LogP contribution in [-0.4, -0.2) is 27.6 Å². The van der Waals surface area contributed by atoms with Gasteiger partial charge in [-0.3, -0.25) is 10.1 Å². The number of nitro groups is 1. The van der Waals surface area contributed by atoms with Gasteiger partial charge in [-0.2, -0.15) is 0 Å². The van der Waals surface area contributed by atoms with E-state index in [1.807, 2.05) is 0 Å². The van der Waals surface area contributed by atoms with Crippen LogP contribution in [0, 0.1) is 10.1 Å². The topological polar surface area (TPSA) is 133 Å². The highest BCUT2D eigenvalue weighted by Gasteiger charge is 2.23. The molecular weight excluding hydrogens is 340 g/mol. The number of carboxylic acids is 1. The van der Waals surface area contributed by atoms with E-state index in [4.69, 9.17) is 10.5 Å². The number of para-hydroxylation sites is 1. The van der Waals surface area contributed by atoms with E-state index in [1.165, 1.54) is 18.2 Å². The molecule has 8 heteroatoms. The molecule has 3 N–H and O–H groups in total. The summed E-state index contributed by atoms with van der Waals surface area (Å²) in [5.41, 5.74) is 5.18. The minimum Gasteiger partial charge on any atom is -0.478 e. The zero-order valence-electron chi connectivity index (χ0n) is 14.5. The number of nitrogens with zero attached hydrogens (tertiary/aromatic N) is 1. The molecule has 0 atom stereocenters. The number of esters is 1. The van der Waals surface area contributed by atoms with Crippen molar-refractivity contribution in [2.24, 2.45) is 0 Å². The number of hydrogen-bond acceptors (Lipinski definition) is 6. The number of hydrogen-bond donors (Lipinski definition) is 2. The molecule has 0 radical (unpaired) electrons. The molecule has 2 aromatic carbocycles. The summed E-state index contributed by atoms with van der Waals surface area (Å²) < 4.78 is 5.29. The molecule has 0 aliphatic heterocycles. The molecule has 2 rings (SSSR count). The van der Waals surface area contributed by atoms with Crippen molar-refractivity contribution in [3.8, 4) is 11.1 Å². The van der Waals surface area contributed by atoms with E-state index < -0.39 is 22.5 Å². The highest BCUT2D eigenvalue weighted by molar-refractivity contribution is 6.03. The molecule has 0 aromatic heterocycles. The number of aromatic carboxylic acids is 1. The van der Waals surface area contributed by atoms with Gasteiger partial charge in [-0.15, -0.1) is 0 Å². The Morgan fingerprint density at radius 2 is 1.77 bits per heavy atom. The Morgan fingerprint density at radius 1 is 1.12 bits per heavy atom. The van der Waals surface area contributed by atoms with E-state index in [0.29, 0.717) is 0 Å². The van der Waals surface area contributed by atoms with Crippen LogP contribution in [-0.2, 0) is 4.74 Å². The van der Waals surface area contributed by atoms with Crippen LogP contribution in [0.25, 0.3) is 11.1 Å². The highest BCUT2D eigenvalue weighted by Crippen LogP contribution is 2.34. The number of carbonyl (C=O) groups excluding carboxylic acids is 1. The largest absolute Gasteiger partial charge is 0.478 e. The predicted molar refractivity (Wildman–Crippen MR) is 95.1 cm³/mol. The third kappa shape index (κ3) is 3.97. The van der Waals surface area contributed by atoms with Crippen LogP contribution in [0.2, 0.25) is 0 Å². The van der Waals surface area contributed by atoms with E-state index in [0.717, 1.165) is 18.2 Å². The quantitative estimate of drug-likeness (QED) is 0.370. The van der Waals surface area contributed by atoms with Gasteiger partial charge in [0.15, 0.2) is 0 Å². The fourth-order valence-corrected chi connectivity index (χ4v) is 2.37. The van der Waals surface area contributed by atoms with Crippen molar-refractivity contribution < 1.29 is 24.4 Å². The molecule has 0 aliphatic carbocycles. The van der Waals surface area contributed by atoms with Gasteiger partial charge in [0.05, 0.1) is 21.7 Å². The van der Waals surface area contributed by atoms with Gasteiger partial charge in [0.25, 0.3) is 5.69 Å². The maximum absolute atomic E-state index is 12.3. The second-order valence-electron chi connectivity index (χ2n) is 6.56. The summed E-state index contributed by atoms with van der Waals surface area (Å²) in [7, 11) is 0. The number of carboxylic acid groups (broad SMARTS) is 1. The first-order chi connectivity index (χ1) is 12.0. The summed E-state index contributed by atoms with van der Waals surface area (Å²) in [6.07, 6.45) is 0. The van der Waals surface area contributed by atoms with Crippen LogP contribution in [0.5, 0.6) is 0 Å². The lowest BCUT2D eigenvalue weighted by molar-refractivity contribution is -0.384. The standard InChI is InChI=1S/C18H18N2O6/c1-18(2,3)26-17(23)13-6-4-5-11(15(13)19)14-9-10(20(24)25)7-8-12(14)16(21)22/h4-9H,19H2,1-3H3,(H,21,22). The third-order valence-corrected chi connectivity index (χ3v) is 3.46. The number of anilines is 1. The SMILES string of the molecule is CC(C)(C)OC(=O)c1cccc(-c2cc([N+](=O)[O-])ccc2C(=O)O)c1N. The third-order valence-electron chi connectivity index (χ3n) is 3.46. The number of nitrogens with two attached hydrogens (primary N) is 1. The highest BCUT2D eigenvalue weighted by atomic mass is 16.6. The molecule has 0 amide bonds. The van der Waals surface area contributed by atoms with Gasteiger partial charge in [-0.25, -0.2) is 9.59 Å². The van der Waals surface area contributed by atoms with Gasteiger partial charge in [0, 0.05) is 23.3 Å². The van der Waals surface area contributed by atoms with E-state index in [-0.39, 0.29) is 33.6 Å². The average molecular weight is 358 g/mol. The van der Waals surface area contributed by atoms with Crippen molar-refractivity contribution in [3.05, 3.63) is 57.6 Å². The predicted octanol–water partition coefficient (Wildman–Crippen LogP) is 3.50. The normalized spacial score (nSPS) is 11.0. The maximum atomic E-state index is 12.3. The minimum atomic E-state index is -1.27. The lowest BCUT2D eigenvalue weighted by Gasteiger charge is -2.20. The summed E-state index contributed by atoms with van der Waals surface area (Å²) in [6, 6.07) is 7.80. The first-order valence-corrected chi connectivity index (χ1v) is 7.65. The van der Waals surface area contributed by atoms with Crippen molar-refractivity contribution in [3.63, 3.8) is 0 Å². The number of benzene rings is 2. The smallest absolute Gasteiger partial charge is 0.340 e. The van der Waals surface area contributed by atoms with Crippen LogP contribution < -0.4 is 5.73 Å². The molecule has 2 aromatic rings. The van der Waals surface area contributed by atoms with Crippen LogP contribution in [0.4, 0.5) is 11.4 Å². The van der Waals surface area contributed by atoms with Gasteiger partial charge < -0.3 is 15.6 Å². The van der Waals surface area contributed by atoms with Crippen molar-refractivity contribution >= 4 is 23.3 Å². The second-order valence-corrected chi connectivity index (χ2v) is 6.56. The fraction of sp³-hybridized carbons (Fsp3) is 0.222. The molecule has 0 unspecified atom stereocenters. The molecule has 26 heavy (non-hydrogen) atoms. The molecule has 8 nitrogen and oxygen atoms in total. The average Bonchev–Trinajstić information content (AvgIpc) is 2.52. The Bertz CT molecular complexity index is 899. The molecule has 0 fully saturated rings. The summed E-state index contributed by atoms with van der Waals surface area (Å²) >= 11 is 0. The Hall–Kier alpha value is -3.42. The second kappa shape index (κ2) is 6.83. The fourth-order valence-electron chi connectivity index (χ4n) is 2.37. The van der Waals surface area contributed by atoms with E-state index >= 15 is 0 Å². The molecule has 0 aliphatic rings. The van der Waals surface area contributed by atoms with Gasteiger partial charge in [-0.05, 0) is 32.9 Å². The Kier molecular flexibility index (Phi) is 4.97. The summed E-state index contributed by atoms with van der Waals surface area (Å²) in [5, 5.41) is 20.4. The van der Waals surface area contributed by atoms with E-state index in [2.05, 4.69) is 0 Å². The number of rotatable bonds is 4. The summed E-state index contributed by atoms with van der Waals surface area (Å²) in [5.74, 6) is -1.93. The molecule has 0 heterocycles. The molecule has 0 spiro atoms. The number of nitrogen functional groups attached to an aromatic ring is 1. The number of ether oxygens (including phenoxy) is 1. The van der Waals surface area contributed by atoms with Crippen LogP contribution in [0.3, 0.4) is 0 Å². The van der Waals surface area contributed by atoms with Crippen LogP contribution in [0.15, 0.2) is 36.4 Å². The van der Waals surface area contributed by atoms with Gasteiger partial charge in [-0.1, -0.05) is 12.1 Å². The van der Waals surface area contributed by atoms with Gasteiger partial charge in [0.1, 0.15) is 5.60 Å². The maximum Gasteiger partial charge on any atom is 0.340 e. The monoisotopic (exact) mass is 358 g/mol. The van der Waals surface area contributed by atoms with Gasteiger partial charge >= 0.3 is 11.9 Å². The van der Waals surface area contributed by atoms with Crippen molar-refractivity contribution in [1.82, 2.24) is 0 Å².